The van der Waals surface area contributed by atoms with Gasteiger partial charge in [0.05, 0.1) is 6.42 Å². The van der Waals surface area contributed by atoms with Crippen molar-refractivity contribution >= 4 is 17.5 Å². The maximum atomic E-state index is 11.8. The van der Waals surface area contributed by atoms with E-state index in [1.54, 1.807) is 7.05 Å². The lowest BCUT2D eigenvalue weighted by Gasteiger charge is -2.17. The van der Waals surface area contributed by atoms with E-state index in [4.69, 9.17) is 0 Å². The minimum Gasteiger partial charge on any atom is -0.359 e. The summed E-state index contributed by atoms with van der Waals surface area (Å²) in [6.45, 7) is 6.08. The van der Waals surface area contributed by atoms with E-state index in [9.17, 15) is 9.59 Å². The van der Waals surface area contributed by atoms with Gasteiger partial charge in [-0.05, 0) is 23.1 Å². The molecule has 19 heavy (non-hydrogen) atoms. The van der Waals surface area contributed by atoms with Crippen molar-refractivity contribution in [2.45, 2.75) is 33.6 Å². The van der Waals surface area contributed by atoms with Crippen LogP contribution >= 0.6 is 0 Å². The van der Waals surface area contributed by atoms with Gasteiger partial charge in [-0.2, -0.15) is 0 Å². The molecule has 0 saturated heterocycles. The Labute approximate surface area is 114 Å². The predicted molar refractivity (Wildman–Crippen MR) is 76.9 cm³/mol. The Morgan fingerprint density at radius 2 is 1.63 bits per heavy atom. The third-order valence-electron chi connectivity index (χ3n) is 2.57. The van der Waals surface area contributed by atoms with Crippen molar-refractivity contribution in [2.75, 3.05) is 12.4 Å². The fourth-order valence-corrected chi connectivity index (χ4v) is 1.67. The molecule has 0 fully saturated rings. The van der Waals surface area contributed by atoms with Crippen LogP contribution in [0.25, 0.3) is 0 Å². The molecule has 0 unspecified atom stereocenters. The van der Waals surface area contributed by atoms with E-state index in [1.165, 1.54) is 0 Å². The van der Waals surface area contributed by atoms with E-state index in [1.807, 2.05) is 45.0 Å². The van der Waals surface area contributed by atoms with E-state index in [0.717, 1.165) is 11.3 Å². The van der Waals surface area contributed by atoms with Crippen LogP contribution in [0.1, 0.15) is 32.8 Å². The van der Waals surface area contributed by atoms with Gasteiger partial charge in [-0.15, -0.1) is 0 Å². The Hall–Kier alpha value is -1.84. The normalized spacial score (nSPS) is 10.9. The van der Waals surface area contributed by atoms with Gasteiger partial charge in [0.15, 0.2) is 0 Å². The third kappa shape index (κ3) is 6.04. The summed E-state index contributed by atoms with van der Waals surface area (Å²) in [5, 5.41) is 5.43. The molecule has 0 saturated carbocycles. The van der Waals surface area contributed by atoms with Crippen molar-refractivity contribution in [1.82, 2.24) is 5.32 Å². The van der Waals surface area contributed by atoms with Crippen LogP contribution in [0.15, 0.2) is 24.3 Å². The van der Waals surface area contributed by atoms with E-state index in [-0.39, 0.29) is 17.2 Å². The summed E-state index contributed by atoms with van der Waals surface area (Å²) < 4.78 is 0. The average Bonchev–Trinajstić information content (AvgIpc) is 2.29. The smallest absolute Gasteiger partial charge is 0.224 e. The standard InChI is InChI=1S/C15H22N2O2/c1-15(2,3)10-14(19)17-12-7-5-11(6-8-12)9-13(18)16-4/h5-8H,9-10H2,1-4H3,(H,16,18)(H,17,19). The van der Waals surface area contributed by atoms with E-state index >= 15 is 0 Å². The molecule has 0 heterocycles. The number of likely N-dealkylation sites (N-methyl/N-ethyl adjacent to an activating group) is 1. The summed E-state index contributed by atoms with van der Waals surface area (Å²) in [5.41, 5.74) is 1.66. The van der Waals surface area contributed by atoms with Gasteiger partial charge in [0.2, 0.25) is 11.8 Å². The lowest BCUT2D eigenvalue weighted by atomic mass is 9.92. The molecule has 104 valence electrons. The highest BCUT2D eigenvalue weighted by molar-refractivity contribution is 5.91. The highest BCUT2D eigenvalue weighted by Crippen LogP contribution is 2.19. The molecule has 1 aromatic rings. The molecule has 0 aliphatic heterocycles. The molecule has 0 radical (unpaired) electrons. The van der Waals surface area contributed by atoms with Crippen LogP contribution in [0, 0.1) is 5.41 Å². The van der Waals surface area contributed by atoms with Crippen molar-refractivity contribution in [2.24, 2.45) is 5.41 Å². The average molecular weight is 262 g/mol. The molecular formula is C15H22N2O2. The number of hydrogen-bond acceptors (Lipinski definition) is 2. The molecule has 0 aromatic heterocycles. The second kappa shape index (κ2) is 6.36. The molecular weight excluding hydrogens is 240 g/mol. The second-order valence-electron chi connectivity index (χ2n) is 5.83. The first-order valence-corrected chi connectivity index (χ1v) is 6.39. The van der Waals surface area contributed by atoms with E-state index in [0.29, 0.717) is 12.8 Å². The van der Waals surface area contributed by atoms with Crippen LogP contribution in [-0.4, -0.2) is 18.9 Å². The molecule has 1 rings (SSSR count). The van der Waals surface area contributed by atoms with Gasteiger partial charge < -0.3 is 10.6 Å². The minimum atomic E-state index is -0.0246. The molecule has 0 atom stereocenters. The number of carbonyl (C=O) groups is 2. The quantitative estimate of drug-likeness (QED) is 0.875. The first kappa shape index (κ1) is 15.2. The van der Waals surface area contributed by atoms with Crippen LogP contribution in [0.4, 0.5) is 5.69 Å². The zero-order valence-electron chi connectivity index (χ0n) is 12.0. The van der Waals surface area contributed by atoms with Gasteiger partial charge in [0.25, 0.3) is 0 Å². The maximum Gasteiger partial charge on any atom is 0.224 e. The second-order valence-corrected chi connectivity index (χ2v) is 5.83. The zero-order chi connectivity index (χ0) is 14.5. The van der Waals surface area contributed by atoms with Gasteiger partial charge in [0, 0.05) is 19.2 Å². The van der Waals surface area contributed by atoms with Crippen LogP contribution in [-0.2, 0) is 16.0 Å². The van der Waals surface area contributed by atoms with Crippen molar-refractivity contribution in [3.8, 4) is 0 Å². The van der Waals surface area contributed by atoms with Crippen molar-refractivity contribution < 1.29 is 9.59 Å². The molecule has 4 nitrogen and oxygen atoms in total. The number of amides is 2. The Morgan fingerprint density at radius 1 is 1.05 bits per heavy atom. The molecule has 2 N–H and O–H groups in total. The first-order valence-electron chi connectivity index (χ1n) is 6.39. The topological polar surface area (TPSA) is 58.2 Å². The molecule has 4 heteroatoms. The summed E-state index contributed by atoms with van der Waals surface area (Å²) in [6, 6.07) is 7.33. The molecule has 0 spiro atoms. The highest BCUT2D eigenvalue weighted by atomic mass is 16.2. The van der Waals surface area contributed by atoms with Gasteiger partial charge in [-0.25, -0.2) is 0 Å². The summed E-state index contributed by atoms with van der Waals surface area (Å²) in [6.07, 6.45) is 0.833. The fraction of sp³-hybridized carbons (Fsp3) is 0.467. The van der Waals surface area contributed by atoms with Crippen LogP contribution in [0.3, 0.4) is 0 Å². The van der Waals surface area contributed by atoms with Crippen molar-refractivity contribution in [3.63, 3.8) is 0 Å². The lowest BCUT2D eigenvalue weighted by Crippen LogP contribution is -2.20. The Morgan fingerprint density at radius 3 is 2.11 bits per heavy atom. The number of nitrogens with one attached hydrogen (secondary N) is 2. The summed E-state index contributed by atoms with van der Waals surface area (Å²) in [7, 11) is 1.61. The van der Waals surface area contributed by atoms with Gasteiger partial charge in [-0.1, -0.05) is 32.9 Å². The van der Waals surface area contributed by atoms with E-state index in [2.05, 4.69) is 10.6 Å². The Bertz CT molecular complexity index is 444. The van der Waals surface area contributed by atoms with Crippen LogP contribution in [0.2, 0.25) is 0 Å². The number of anilines is 1. The van der Waals surface area contributed by atoms with Crippen LogP contribution in [0.5, 0.6) is 0 Å². The summed E-state index contributed by atoms with van der Waals surface area (Å²) >= 11 is 0. The zero-order valence-corrected chi connectivity index (χ0v) is 12.0. The van der Waals surface area contributed by atoms with Crippen molar-refractivity contribution in [3.05, 3.63) is 29.8 Å². The number of rotatable bonds is 4. The molecule has 0 bridgehead atoms. The fourth-order valence-electron chi connectivity index (χ4n) is 1.67. The number of carbonyl (C=O) groups excluding carboxylic acids is 2. The predicted octanol–water partition coefficient (Wildman–Crippen LogP) is 2.35. The third-order valence-corrected chi connectivity index (χ3v) is 2.57. The number of hydrogen-bond donors (Lipinski definition) is 2. The van der Waals surface area contributed by atoms with Crippen molar-refractivity contribution in [1.29, 1.82) is 0 Å². The lowest BCUT2D eigenvalue weighted by molar-refractivity contribution is -0.120. The first-order chi connectivity index (χ1) is 8.80. The van der Waals surface area contributed by atoms with Gasteiger partial charge in [-0.3, -0.25) is 9.59 Å². The molecule has 0 aliphatic carbocycles. The highest BCUT2D eigenvalue weighted by Gasteiger charge is 2.15. The summed E-state index contributed by atoms with van der Waals surface area (Å²) in [5.74, 6) is -0.0175. The molecule has 0 aliphatic rings. The number of benzene rings is 1. The van der Waals surface area contributed by atoms with Gasteiger partial charge in [0.1, 0.15) is 0 Å². The monoisotopic (exact) mass is 262 g/mol. The van der Waals surface area contributed by atoms with Gasteiger partial charge >= 0.3 is 0 Å². The Balaban J connectivity index is 2.57. The minimum absolute atomic E-state index is 0.00607. The largest absolute Gasteiger partial charge is 0.359 e. The maximum absolute atomic E-state index is 11.8. The molecule has 2 amide bonds. The SMILES string of the molecule is CNC(=O)Cc1ccc(NC(=O)CC(C)(C)C)cc1. The van der Waals surface area contributed by atoms with Crippen LogP contribution < -0.4 is 10.6 Å². The summed E-state index contributed by atoms with van der Waals surface area (Å²) in [4.78, 5) is 23.0. The molecule has 1 aromatic carbocycles. The Kier molecular flexibility index (Phi) is 5.10. The van der Waals surface area contributed by atoms with E-state index < -0.39 is 0 Å².